The van der Waals surface area contributed by atoms with E-state index in [1.54, 1.807) is 13.0 Å². The number of nitrogens with zero attached hydrogens (tertiary/aromatic N) is 2. The summed E-state index contributed by atoms with van der Waals surface area (Å²) in [6.45, 7) is 4.67. The van der Waals surface area contributed by atoms with Crippen molar-refractivity contribution in [3.8, 4) is 11.5 Å². The topological polar surface area (TPSA) is 88.5 Å². The van der Waals surface area contributed by atoms with E-state index in [0.29, 0.717) is 5.56 Å². The third-order valence-corrected chi connectivity index (χ3v) is 5.74. The molecular formula is C24H26ClF3N2O6. The van der Waals surface area contributed by atoms with Gasteiger partial charge in [0.15, 0.2) is 17.1 Å². The second-order valence-electron chi connectivity index (χ2n) is 8.49. The molecule has 2 aromatic rings. The van der Waals surface area contributed by atoms with Crippen LogP contribution >= 0.6 is 11.6 Å². The van der Waals surface area contributed by atoms with Crippen LogP contribution in [0.25, 0.3) is 0 Å². The van der Waals surface area contributed by atoms with E-state index in [0.717, 1.165) is 17.0 Å². The van der Waals surface area contributed by atoms with Gasteiger partial charge in [0.1, 0.15) is 6.23 Å². The molecule has 1 saturated heterocycles. The Hall–Kier alpha value is -3.18. The molecule has 2 aromatic carbocycles. The summed E-state index contributed by atoms with van der Waals surface area (Å²) in [5, 5.41) is 10.6. The van der Waals surface area contributed by atoms with Crippen LogP contribution in [0.1, 0.15) is 31.9 Å². The molecule has 0 radical (unpaired) electrons. The molecule has 0 bridgehead atoms. The number of carbonyl (C=O) groups is 2. The minimum absolute atomic E-state index is 0.0746. The van der Waals surface area contributed by atoms with E-state index in [1.165, 1.54) is 44.1 Å². The van der Waals surface area contributed by atoms with E-state index in [9.17, 15) is 27.9 Å². The summed E-state index contributed by atoms with van der Waals surface area (Å²) in [4.78, 5) is 27.5. The Labute approximate surface area is 211 Å². The highest BCUT2D eigenvalue weighted by molar-refractivity contribution is 6.32. The number of benzene rings is 2. The van der Waals surface area contributed by atoms with Gasteiger partial charge in [-0.25, -0.2) is 9.59 Å². The largest absolute Gasteiger partial charge is 0.493 e. The number of amides is 2. The zero-order valence-corrected chi connectivity index (χ0v) is 20.8. The average Bonchev–Trinajstić information content (AvgIpc) is 3.08. The normalized spacial score (nSPS) is 16.4. The highest BCUT2D eigenvalue weighted by Gasteiger charge is 2.38. The van der Waals surface area contributed by atoms with Crippen molar-refractivity contribution in [2.45, 2.75) is 45.3 Å². The van der Waals surface area contributed by atoms with Crippen molar-refractivity contribution >= 4 is 29.3 Å². The number of anilines is 1. The lowest BCUT2D eigenvalue weighted by Crippen LogP contribution is -2.40. The first kappa shape index (κ1) is 27.4. The Kier molecular flexibility index (Phi) is 7.94. The number of hydrogen-bond donors (Lipinski definition) is 1. The maximum Gasteiger partial charge on any atom is 0.416 e. The molecule has 0 saturated carbocycles. The van der Waals surface area contributed by atoms with E-state index in [2.05, 4.69) is 0 Å². The predicted molar refractivity (Wildman–Crippen MR) is 125 cm³/mol. The minimum Gasteiger partial charge on any atom is -0.493 e. The van der Waals surface area contributed by atoms with Crippen molar-refractivity contribution in [1.29, 1.82) is 0 Å². The zero-order valence-electron chi connectivity index (χ0n) is 20.1. The first-order chi connectivity index (χ1) is 16.8. The van der Waals surface area contributed by atoms with Gasteiger partial charge in [-0.05, 0) is 62.7 Å². The number of rotatable bonds is 8. The predicted octanol–water partition coefficient (Wildman–Crippen LogP) is 4.85. The van der Waals surface area contributed by atoms with E-state index < -0.39 is 35.6 Å². The molecule has 1 heterocycles. The fourth-order valence-corrected chi connectivity index (χ4v) is 3.88. The fourth-order valence-electron chi connectivity index (χ4n) is 3.60. The van der Waals surface area contributed by atoms with Gasteiger partial charge in [-0.15, -0.1) is 0 Å². The van der Waals surface area contributed by atoms with Crippen molar-refractivity contribution < 1.29 is 42.1 Å². The highest BCUT2D eigenvalue weighted by Crippen LogP contribution is 2.40. The van der Waals surface area contributed by atoms with Gasteiger partial charge in [0.25, 0.3) is 0 Å². The Morgan fingerprint density at radius 3 is 2.39 bits per heavy atom. The van der Waals surface area contributed by atoms with Crippen LogP contribution in [0.3, 0.4) is 0 Å². The summed E-state index contributed by atoms with van der Waals surface area (Å²) in [5.41, 5.74) is -1.50. The summed E-state index contributed by atoms with van der Waals surface area (Å²) in [6, 6.07) is 6.55. The Morgan fingerprint density at radius 2 is 1.83 bits per heavy atom. The smallest absolute Gasteiger partial charge is 0.416 e. The van der Waals surface area contributed by atoms with Gasteiger partial charge in [0, 0.05) is 5.69 Å². The number of esters is 1. The van der Waals surface area contributed by atoms with Crippen LogP contribution < -0.4 is 14.4 Å². The summed E-state index contributed by atoms with van der Waals surface area (Å²) < 4.78 is 54.7. The van der Waals surface area contributed by atoms with Gasteiger partial charge in [-0.1, -0.05) is 11.6 Å². The van der Waals surface area contributed by atoms with E-state index in [4.69, 9.17) is 25.8 Å². The maximum atomic E-state index is 13.0. The molecule has 196 valence electrons. The summed E-state index contributed by atoms with van der Waals surface area (Å²) >= 11 is 6.41. The van der Waals surface area contributed by atoms with Crippen LogP contribution in [-0.2, 0) is 22.3 Å². The number of ether oxygens (including phenoxy) is 3. The number of alkyl halides is 3. The summed E-state index contributed by atoms with van der Waals surface area (Å²) in [6.07, 6.45) is -5.72. The van der Waals surface area contributed by atoms with Crippen molar-refractivity contribution in [3.63, 3.8) is 0 Å². The molecule has 0 aliphatic carbocycles. The number of carbonyl (C=O) groups excluding carboxylic acids is 2. The van der Waals surface area contributed by atoms with Crippen LogP contribution in [0.2, 0.25) is 5.02 Å². The molecule has 2 amide bonds. The summed E-state index contributed by atoms with van der Waals surface area (Å²) in [7, 11) is 1.38. The Morgan fingerprint density at radius 1 is 1.19 bits per heavy atom. The molecule has 1 unspecified atom stereocenters. The first-order valence-corrected chi connectivity index (χ1v) is 11.3. The number of aliphatic hydroxyl groups excluding tert-OH is 1. The van der Waals surface area contributed by atoms with Crippen LogP contribution in [0.4, 0.5) is 23.7 Å². The fraction of sp³-hybridized carbons (Fsp3) is 0.417. The lowest BCUT2D eigenvalue weighted by atomic mass is 10.1. The van der Waals surface area contributed by atoms with Gasteiger partial charge in [0.2, 0.25) is 0 Å². The molecular weight excluding hydrogens is 505 g/mol. The minimum atomic E-state index is -4.50. The van der Waals surface area contributed by atoms with Gasteiger partial charge in [-0.3, -0.25) is 9.80 Å². The van der Waals surface area contributed by atoms with Crippen LogP contribution in [0.5, 0.6) is 11.5 Å². The monoisotopic (exact) mass is 530 g/mol. The third kappa shape index (κ3) is 5.79. The van der Waals surface area contributed by atoms with E-state index in [-0.39, 0.29) is 41.9 Å². The molecule has 1 aliphatic heterocycles. The third-order valence-electron chi connectivity index (χ3n) is 5.45. The van der Waals surface area contributed by atoms with Crippen molar-refractivity contribution in [2.24, 2.45) is 0 Å². The SMILES string of the molecule is CCOC(=O)C(C)(C)Oc1c(Cl)cc(CN2C(=O)N(c3ccc(C(F)(F)F)cc3)CC2O)cc1OC. The van der Waals surface area contributed by atoms with Crippen LogP contribution in [0.15, 0.2) is 36.4 Å². The number of hydrogen-bond acceptors (Lipinski definition) is 6. The van der Waals surface area contributed by atoms with Crippen LogP contribution in [0, 0.1) is 0 Å². The molecule has 0 spiro atoms. The number of methoxy groups -OCH3 is 1. The molecule has 36 heavy (non-hydrogen) atoms. The van der Waals surface area contributed by atoms with Crippen LogP contribution in [-0.4, -0.2) is 54.1 Å². The van der Waals surface area contributed by atoms with Crippen molar-refractivity contribution in [3.05, 3.63) is 52.5 Å². The number of urea groups is 1. The number of β-amino-alcohol motifs (C(OH)–C–C–N with tert-alkyl or cyclic N) is 1. The van der Waals surface area contributed by atoms with Crippen molar-refractivity contribution in [2.75, 3.05) is 25.2 Å². The van der Waals surface area contributed by atoms with E-state index >= 15 is 0 Å². The number of halogens is 4. The zero-order chi connectivity index (χ0) is 26.8. The molecule has 0 aromatic heterocycles. The van der Waals surface area contributed by atoms with Gasteiger partial charge < -0.3 is 19.3 Å². The molecule has 1 atom stereocenters. The molecule has 3 rings (SSSR count). The number of aliphatic hydroxyl groups is 1. The molecule has 1 N–H and O–H groups in total. The quantitative estimate of drug-likeness (QED) is 0.491. The Bertz CT molecular complexity index is 1120. The first-order valence-electron chi connectivity index (χ1n) is 10.9. The molecule has 1 aliphatic rings. The lowest BCUT2D eigenvalue weighted by molar-refractivity contribution is -0.158. The molecule has 1 fully saturated rings. The van der Waals surface area contributed by atoms with E-state index in [1.807, 2.05) is 0 Å². The lowest BCUT2D eigenvalue weighted by Gasteiger charge is -2.26. The van der Waals surface area contributed by atoms with Gasteiger partial charge >= 0.3 is 18.2 Å². The van der Waals surface area contributed by atoms with Crippen molar-refractivity contribution in [1.82, 2.24) is 4.90 Å². The van der Waals surface area contributed by atoms with Gasteiger partial charge in [0.05, 0.1) is 37.4 Å². The highest BCUT2D eigenvalue weighted by atomic mass is 35.5. The maximum absolute atomic E-state index is 13.0. The second-order valence-corrected chi connectivity index (χ2v) is 8.90. The summed E-state index contributed by atoms with van der Waals surface area (Å²) in [5.74, 6) is -0.308. The average molecular weight is 531 g/mol. The Balaban J connectivity index is 1.80. The van der Waals surface area contributed by atoms with Gasteiger partial charge in [-0.2, -0.15) is 13.2 Å². The second kappa shape index (κ2) is 10.4. The standard InChI is InChI=1S/C24H26ClF3N2O6/c1-5-35-21(32)23(2,3)36-20-17(25)10-14(11-18(20)34-4)12-30-19(31)13-29(22(30)33)16-8-6-15(7-9-16)24(26,27)28/h6-11,19,31H,5,12-13H2,1-4H3. The molecule has 12 heteroatoms. The molecule has 8 nitrogen and oxygen atoms in total.